The summed E-state index contributed by atoms with van der Waals surface area (Å²) in [4.78, 5) is 12.1. The van der Waals surface area contributed by atoms with Crippen LogP contribution in [0.25, 0.3) is 11.1 Å². The number of benzene rings is 2. The maximum atomic E-state index is 12.1. The minimum Gasteiger partial charge on any atom is -0.494 e. The summed E-state index contributed by atoms with van der Waals surface area (Å²) in [5.74, 6) is 0.788. The molecule has 0 aliphatic heterocycles. The van der Waals surface area contributed by atoms with Crippen LogP contribution in [0.1, 0.15) is 83.8 Å². The molecule has 0 radical (unpaired) electrons. The molecule has 0 N–H and O–H groups in total. The zero-order valence-electron chi connectivity index (χ0n) is 18.3. The molecule has 0 saturated carbocycles. The molecule has 158 valence electrons. The van der Waals surface area contributed by atoms with Crippen LogP contribution in [0, 0.1) is 0 Å². The van der Waals surface area contributed by atoms with E-state index in [0.29, 0.717) is 13.0 Å². The Morgan fingerprint density at radius 2 is 1.34 bits per heavy atom. The number of ether oxygens (including phenoxy) is 2. The Hall–Kier alpha value is -2.29. The van der Waals surface area contributed by atoms with Crippen molar-refractivity contribution >= 4 is 5.97 Å². The van der Waals surface area contributed by atoms with Gasteiger partial charge in [0.05, 0.1) is 6.61 Å². The number of rotatable bonds is 13. The smallest absolute Gasteiger partial charge is 0.306 e. The topological polar surface area (TPSA) is 35.5 Å². The Morgan fingerprint density at radius 3 is 1.93 bits per heavy atom. The van der Waals surface area contributed by atoms with E-state index < -0.39 is 0 Å². The summed E-state index contributed by atoms with van der Waals surface area (Å²) in [6.45, 7) is 6.82. The minimum absolute atomic E-state index is 0.0957. The molecule has 0 heterocycles. The summed E-state index contributed by atoms with van der Waals surface area (Å²) in [5, 5.41) is 0. The fraction of sp³-hybridized carbons (Fsp3) is 0.500. The van der Waals surface area contributed by atoms with Gasteiger partial charge < -0.3 is 9.47 Å². The minimum atomic E-state index is -0.221. The first-order valence-electron chi connectivity index (χ1n) is 11.2. The molecule has 2 aromatic rings. The van der Waals surface area contributed by atoms with E-state index >= 15 is 0 Å². The summed E-state index contributed by atoms with van der Waals surface area (Å²) < 4.78 is 11.1. The lowest BCUT2D eigenvalue weighted by Crippen LogP contribution is -2.08. The van der Waals surface area contributed by atoms with Crippen LogP contribution in [0.4, 0.5) is 0 Å². The third kappa shape index (κ3) is 8.31. The van der Waals surface area contributed by atoms with E-state index in [1.54, 1.807) is 0 Å². The summed E-state index contributed by atoms with van der Waals surface area (Å²) in [7, 11) is 0. The Bertz CT molecular complexity index is 704. The van der Waals surface area contributed by atoms with Gasteiger partial charge in [-0.25, -0.2) is 0 Å². The third-order valence-corrected chi connectivity index (χ3v) is 5.17. The van der Waals surface area contributed by atoms with Crippen molar-refractivity contribution in [3.05, 3.63) is 54.1 Å². The number of unbranched alkanes of at least 4 members (excludes halogenated alkanes) is 6. The van der Waals surface area contributed by atoms with Gasteiger partial charge in [-0.15, -0.1) is 0 Å². The van der Waals surface area contributed by atoms with Crippen LogP contribution in [-0.4, -0.2) is 12.6 Å². The first-order valence-corrected chi connectivity index (χ1v) is 11.2. The van der Waals surface area contributed by atoms with Crippen molar-refractivity contribution in [3.63, 3.8) is 0 Å². The summed E-state index contributed by atoms with van der Waals surface area (Å²) in [6.07, 6.45) is 8.73. The molecule has 2 aromatic carbocycles. The van der Waals surface area contributed by atoms with E-state index in [9.17, 15) is 4.79 Å². The van der Waals surface area contributed by atoms with Crippen molar-refractivity contribution in [2.24, 2.45) is 0 Å². The lowest BCUT2D eigenvalue weighted by Gasteiger charge is -2.14. The highest BCUT2D eigenvalue weighted by Crippen LogP contribution is 2.25. The molecule has 2 rings (SSSR count). The molecule has 0 aliphatic rings. The second-order valence-electron chi connectivity index (χ2n) is 7.58. The number of esters is 1. The van der Waals surface area contributed by atoms with Gasteiger partial charge in [0.15, 0.2) is 0 Å². The van der Waals surface area contributed by atoms with E-state index in [1.165, 1.54) is 32.1 Å². The summed E-state index contributed by atoms with van der Waals surface area (Å²) >= 11 is 0. The average molecular weight is 397 g/mol. The van der Waals surface area contributed by atoms with Gasteiger partial charge in [-0.05, 0) is 49.1 Å². The van der Waals surface area contributed by atoms with Gasteiger partial charge in [0, 0.05) is 6.42 Å². The SMILES string of the molecule is CCCCCCCCCC(=O)OC(C)c1ccc(-c2ccc(OCC)cc2)cc1. The zero-order valence-corrected chi connectivity index (χ0v) is 18.3. The summed E-state index contributed by atoms with van der Waals surface area (Å²) in [5.41, 5.74) is 3.30. The predicted molar refractivity (Wildman–Crippen MR) is 120 cm³/mol. The van der Waals surface area contributed by atoms with Crippen LogP contribution in [0.3, 0.4) is 0 Å². The van der Waals surface area contributed by atoms with Gasteiger partial charge in [0.2, 0.25) is 0 Å². The Balaban J connectivity index is 1.76. The Labute approximate surface area is 176 Å². The van der Waals surface area contributed by atoms with Crippen LogP contribution in [0.5, 0.6) is 5.75 Å². The van der Waals surface area contributed by atoms with Crippen molar-refractivity contribution in [3.8, 4) is 16.9 Å². The van der Waals surface area contributed by atoms with Crippen LogP contribution in [0.15, 0.2) is 48.5 Å². The lowest BCUT2D eigenvalue weighted by atomic mass is 10.0. The molecular weight excluding hydrogens is 360 g/mol. The second-order valence-corrected chi connectivity index (χ2v) is 7.58. The molecule has 29 heavy (non-hydrogen) atoms. The van der Waals surface area contributed by atoms with Crippen molar-refractivity contribution < 1.29 is 14.3 Å². The molecule has 1 atom stereocenters. The molecule has 3 heteroatoms. The lowest BCUT2D eigenvalue weighted by molar-refractivity contribution is -0.148. The van der Waals surface area contributed by atoms with Crippen LogP contribution in [-0.2, 0) is 9.53 Å². The molecule has 0 spiro atoms. The van der Waals surface area contributed by atoms with Gasteiger partial charge in [0.25, 0.3) is 0 Å². The largest absolute Gasteiger partial charge is 0.494 e. The first kappa shape index (κ1) is 23.0. The van der Waals surface area contributed by atoms with Crippen molar-refractivity contribution in [2.75, 3.05) is 6.61 Å². The molecule has 0 aliphatic carbocycles. The van der Waals surface area contributed by atoms with Crippen molar-refractivity contribution in [1.29, 1.82) is 0 Å². The monoisotopic (exact) mass is 396 g/mol. The number of carbonyl (C=O) groups is 1. The maximum Gasteiger partial charge on any atom is 0.306 e. The van der Waals surface area contributed by atoms with E-state index in [-0.39, 0.29) is 12.1 Å². The Morgan fingerprint density at radius 1 is 0.793 bits per heavy atom. The highest BCUT2D eigenvalue weighted by Gasteiger charge is 2.12. The van der Waals surface area contributed by atoms with Gasteiger partial charge >= 0.3 is 5.97 Å². The van der Waals surface area contributed by atoms with Crippen LogP contribution >= 0.6 is 0 Å². The first-order chi connectivity index (χ1) is 14.1. The molecule has 3 nitrogen and oxygen atoms in total. The molecule has 0 bridgehead atoms. The fourth-order valence-corrected chi connectivity index (χ4v) is 3.41. The number of hydrogen-bond acceptors (Lipinski definition) is 3. The van der Waals surface area contributed by atoms with Crippen LogP contribution < -0.4 is 4.74 Å². The Kier molecular flexibility index (Phi) is 10.3. The average Bonchev–Trinajstić information content (AvgIpc) is 2.74. The standard InChI is InChI=1S/C26H36O3/c1-4-6-7-8-9-10-11-12-26(27)29-21(3)22-13-15-23(16-14-22)24-17-19-25(20-18-24)28-5-2/h13-21H,4-12H2,1-3H3. The van der Waals surface area contributed by atoms with Gasteiger partial charge in [-0.1, -0.05) is 81.8 Å². The summed E-state index contributed by atoms with van der Waals surface area (Å²) in [6, 6.07) is 16.3. The van der Waals surface area contributed by atoms with Gasteiger partial charge in [0.1, 0.15) is 11.9 Å². The normalized spacial score (nSPS) is 11.8. The van der Waals surface area contributed by atoms with E-state index in [4.69, 9.17) is 9.47 Å². The fourth-order valence-electron chi connectivity index (χ4n) is 3.41. The third-order valence-electron chi connectivity index (χ3n) is 5.17. The molecular formula is C26H36O3. The molecule has 0 saturated heterocycles. The molecule has 0 amide bonds. The quantitative estimate of drug-likeness (QED) is 0.260. The highest BCUT2D eigenvalue weighted by atomic mass is 16.5. The van der Waals surface area contributed by atoms with Crippen molar-refractivity contribution in [1.82, 2.24) is 0 Å². The van der Waals surface area contributed by atoms with E-state index in [0.717, 1.165) is 35.3 Å². The molecule has 0 aromatic heterocycles. The van der Waals surface area contributed by atoms with Gasteiger partial charge in [-0.2, -0.15) is 0 Å². The van der Waals surface area contributed by atoms with E-state index in [1.807, 2.05) is 38.1 Å². The van der Waals surface area contributed by atoms with E-state index in [2.05, 4.69) is 31.2 Å². The van der Waals surface area contributed by atoms with Gasteiger partial charge in [-0.3, -0.25) is 4.79 Å². The second kappa shape index (κ2) is 13.0. The highest BCUT2D eigenvalue weighted by molar-refractivity contribution is 5.69. The number of carbonyl (C=O) groups excluding carboxylic acids is 1. The van der Waals surface area contributed by atoms with Crippen LogP contribution in [0.2, 0.25) is 0 Å². The molecule has 0 fully saturated rings. The number of hydrogen-bond donors (Lipinski definition) is 0. The predicted octanol–water partition coefficient (Wildman–Crippen LogP) is 7.50. The zero-order chi connectivity index (χ0) is 20.9. The molecule has 1 unspecified atom stereocenters. The maximum absolute atomic E-state index is 12.1. The van der Waals surface area contributed by atoms with Crippen molar-refractivity contribution in [2.45, 2.75) is 78.2 Å².